The average molecular weight is 242 g/mol. The summed E-state index contributed by atoms with van der Waals surface area (Å²) in [6.45, 7) is -0.0845. The molecular weight excluding hydrogens is 220 g/mol. The molecule has 4 N–H and O–H groups in total. The molecular formula is C12H22N2O3. The molecule has 98 valence electrons. The van der Waals surface area contributed by atoms with Gasteiger partial charge in [-0.05, 0) is 12.3 Å². The Morgan fingerprint density at radius 3 is 2.53 bits per heavy atom. The van der Waals surface area contributed by atoms with E-state index in [-0.39, 0.29) is 12.5 Å². The number of amides is 2. The molecule has 1 fully saturated rings. The first-order chi connectivity index (χ1) is 8.09. The van der Waals surface area contributed by atoms with E-state index in [2.05, 4.69) is 5.32 Å². The Bertz CT molecular complexity index is 262. The van der Waals surface area contributed by atoms with Crippen LogP contribution in [0.4, 0.5) is 0 Å². The van der Waals surface area contributed by atoms with Gasteiger partial charge in [-0.15, -0.1) is 0 Å². The predicted octanol–water partition coefficient (Wildman–Crippen LogP) is 0.309. The van der Waals surface area contributed by atoms with Gasteiger partial charge in [0.05, 0.1) is 6.54 Å². The van der Waals surface area contributed by atoms with E-state index in [1.165, 1.54) is 32.1 Å². The van der Waals surface area contributed by atoms with E-state index < -0.39 is 12.0 Å². The van der Waals surface area contributed by atoms with E-state index in [9.17, 15) is 9.59 Å². The van der Waals surface area contributed by atoms with Gasteiger partial charge < -0.3 is 16.2 Å². The molecule has 0 heterocycles. The van der Waals surface area contributed by atoms with Crippen LogP contribution in [0, 0.1) is 5.92 Å². The normalized spacial score (nSPS) is 18.6. The number of aliphatic hydroxyl groups is 1. The molecule has 0 aromatic carbocycles. The molecule has 0 bridgehead atoms. The van der Waals surface area contributed by atoms with Crippen molar-refractivity contribution in [2.75, 3.05) is 6.54 Å². The number of carbonyl (C=O) groups is 2. The monoisotopic (exact) mass is 242 g/mol. The zero-order valence-electron chi connectivity index (χ0n) is 10.2. The Morgan fingerprint density at radius 1 is 1.29 bits per heavy atom. The lowest BCUT2D eigenvalue weighted by Crippen LogP contribution is -2.40. The van der Waals surface area contributed by atoms with Gasteiger partial charge in [-0.2, -0.15) is 0 Å². The fourth-order valence-corrected chi connectivity index (χ4v) is 2.21. The number of hydrogen-bond acceptors (Lipinski definition) is 3. The summed E-state index contributed by atoms with van der Waals surface area (Å²) in [5.41, 5.74) is 4.87. The number of rotatable bonds is 6. The van der Waals surface area contributed by atoms with Crippen LogP contribution in [0.3, 0.4) is 0 Å². The third kappa shape index (κ3) is 5.68. The zero-order valence-corrected chi connectivity index (χ0v) is 10.2. The third-order valence-corrected chi connectivity index (χ3v) is 3.33. The van der Waals surface area contributed by atoms with E-state index >= 15 is 0 Å². The van der Waals surface area contributed by atoms with Gasteiger partial charge in [0.1, 0.15) is 6.10 Å². The molecule has 5 nitrogen and oxygen atoms in total. The minimum Gasteiger partial charge on any atom is -0.381 e. The topological polar surface area (TPSA) is 92.4 Å². The summed E-state index contributed by atoms with van der Waals surface area (Å²) in [4.78, 5) is 22.0. The van der Waals surface area contributed by atoms with Gasteiger partial charge in [0.2, 0.25) is 11.8 Å². The van der Waals surface area contributed by atoms with Crippen LogP contribution in [0.5, 0.6) is 0 Å². The first-order valence-electron chi connectivity index (χ1n) is 6.33. The van der Waals surface area contributed by atoms with Crippen LogP contribution in [0.25, 0.3) is 0 Å². The minimum atomic E-state index is -1.28. The molecule has 2 amide bonds. The second-order valence-electron chi connectivity index (χ2n) is 4.76. The van der Waals surface area contributed by atoms with Gasteiger partial charge in [-0.1, -0.05) is 32.1 Å². The summed E-state index contributed by atoms with van der Waals surface area (Å²) in [7, 11) is 0. The molecule has 1 rings (SSSR count). The summed E-state index contributed by atoms with van der Waals surface area (Å²) in [6.07, 6.45) is 6.38. The SMILES string of the molecule is NC(=O)C(O)CNC(=O)CCC1CCCCC1. The first kappa shape index (κ1) is 14.0. The Hall–Kier alpha value is -1.10. The van der Waals surface area contributed by atoms with Crippen molar-refractivity contribution in [2.24, 2.45) is 11.7 Å². The van der Waals surface area contributed by atoms with Crippen molar-refractivity contribution in [3.63, 3.8) is 0 Å². The molecule has 0 aromatic heterocycles. The average Bonchev–Trinajstić information content (AvgIpc) is 2.34. The second kappa shape index (κ2) is 7.27. The summed E-state index contributed by atoms with van der Waals surface area (Å²) >= 11 is 0. The summed E-state index contributed by atoms with van der Waals surface area (Å²) in [6, 6.07) is 0. The quantitative estimate of drug-likeness (QED) is 0.626. The van der Waals surface area contributed by atoms with Crippen molar-refractivity contribution in [1.29, 1.82) is 0 Å². The summed E-state index contributed by atoms with van der Waals surface area (Å²) in [5, 5.41) is 11.6. The number of carbonyl (C=O) groups excluding carboxylic acids is 2. The maximum absolute atomic E-state index is 11.4. The van der Waals surface area contributed by atoms with Crippen LogP contribution >= 0.6 is 0 Å². The van der Waals surface area contributed by atoms with Crippen LogP contribution in [-0.4, -0.2) is 29.6 Å². The van der Waals surface area contributed by atoms with Gasteiger partial charge in [0.25, 0.3) is 0 Å². The van der Waals surface area contributed by atoms with Crippen molar-refractivity contribution < 1.29 is 14.7 Å². The highest BCUT2D eigenvalue weighted by atomic mass is 16.3. The standard InChI is InChI=1S/C12H22N2O3/c13-12(17)10(15)8-14-11(16)7-6-9-4-2-1-3-5-9/h9-10,15H,1-8H2,(H2,13,17)(H,14,16). The van der Waals surface area contributed by atoms with Crippen LogP contribution < -0.4 is 11.1 Å². The van der Waals surface area contributed by atoms with Gasteiger partial charge in [0.15, 0.2) is 0 Å². The zero-order chi connectivity index (χ0) is 12.7. The molecule has 0 aromatic rings. The van der Waals surface area contributed by atoms with E-state index in [1.54, 1.807) is 0 Å². The Balaban J connectivity index is 2.10. The van der Waals surface area contributed by atoms with Crippen molar-refractivity contribution in [3.05, 3.63) is 0 Å². The third-order valence-electron chi connectivity index (χ3n) is 3.33. The number of nitrogens with two attached hydrogens (primary N) is 1. The molecule has 1 saturated carbocycles. The van der Waals surface area contributed by atoms with Crippen LogP contribution in [0.1, 0.15) is 44.9 Å². The van der Waals surface area contributed by atoms with E-state index in [4.69, 9.17) is 10.8 Å². The maximum Gasteiger partial charge on any atom is 0.248 e. The Morgan fingerprint density at radius 2 is 1.94 bits per heavy atom. The highest BCUT2D eigenvalue weighted by molar-refractivity contribution is 5.80. The Kier molecular flexibility index (Phi) is 5.97. The molecule has 1 unspecified atom stereocenters. The lowest BCUT2D eigenvalue weighted by atomic mass is 9.86. The fraction of sp³-hybridized carbons (Fsp3) is 0.833. The van der Waals surface area contributed by atoms with Gasteiger partial charge in [0, 0.05) is 6.42 Å². The lowest BCUT2D eigenvalue weighted by molar-refractivity contribution is -0.127. The number of primary amides is 1. The smallest absolute Gasteiger partial charge is 0.248 e. The first-order valence-corrected chi connectivity index (χ1v) is 6.33. The Labute approximate surface area is 102 Å². The minimum absolute atomic E-state index is 0.0845. The number of nitrogens with one attached hydrogen (secondary N) is 1. The van der Waals surface area contributed by atoms with Crippen molar-refractivity contribution in [2.45, 2.75) is 51.0 Å². The summed E-state index contributed by atoms with van der Waals surface area (Å²) in [5.74, 6) is -0.260. The molecule has 1 atom stereocenters. The van der Waals surface area contributed by atoms with Crippen molar-refractivity contribution in [3.8, 4) is 0 Å². The van der Waals surface area contributed by atoms with Gasteiger partial charge in [-0.25, -0.2) is 0 Å². The largest absolute Gasteiger partial charge is 0.381 e. The van der Waals surface area contributed by atoms with E-state index in [0.29, 0.717) is 12.3 Å². The molecule has 1 aliphatic rings. The second-order valence-corrected chi connectivity index (χ2v) is 4.76. The lowest BCUT2D eigenvalue weighted by Gasteiger charge is -2.21. The highest BCUT2D eigenvalue weighted by Crippen LogP contribution is 2.27. The number of aliphatic hydroxyl groups excluding tert-OH is 1. The van der Waals surface area contributed by atoms with Gasteiger partial charge in [-0.3, -0.25) is 9.59 Å². The van der Waals surface area contributed by atoms with E-state index in [0.717, 1.165) is 6.42 Å². The molecule has 5 heteroatoms. The molecule has 1 aliphatic carbocycles. The summed E-state index contributed by atoms with van der Waals surface area (Å²) < 4.78 is 0. The van der Waals surface area contributed by atoms with Crippen molar-refractivity contribution >= 4 is 11.8 Å². The number of hydrogen-bond donors (Lipinski definition) is 3. The maximum atomic E-state index is 11.4. The molecule has 0 aliphatic heterocycles. The van der Waals surface area contributed by atoms with Crippen LogP contribution in [-0.2, 0) is 9.59 Å². The van der Waals surface area contributed by atoms with E-state index in [1.807, 2.05) is 0 Å². The van der Waals surface area contributed by atoms with Crippen LogP contribution in [0.15, 0.2) is 0 Å². The fourth-order valence-electron chi connectivity index (χ4n) is 2.21. The molecule has 0 saturated heterocycles. The predicted molar refractivity (Wildman–Crippen MR) is 64.0 cm³/mol. The van der Waals surface area contributed by atoms with Gasteiger partial charge >= 0.3 is 0 Å². The van der Waals surface area contributed by atoms with Crippen LogP contribution in [0.2, 0.25) is 0 Å². The van der Waals surface area contributed by atoms with Crippen molar-refractivity contribution in [1.82, 2.24) is 5.32 Å². The molecule has 17 heavy (non-hydrogen) atoms. The molecule has 0 radical (unpaired) electrons. The highest BCUT2D eigenvalue weighted by Gasteiger charge is 2.16. The molecule has 0 spiro atoms.